The Kier molecular flexibility index (Phi) is 5.30. The van der Waals surface area contributed by atoms with Crippen LogP contribution in [0.2, 0.25) is 5.02 Å². The van der Waals surface area contributed by atoms with Crippen LogP contribution in [0.1, 0.15) is 29.5 Å². The lowest BCUT2D eigenvalue weighted by Gasteiger charge is -2.30. The van der Waals surface area contributed by atoms with Gasteiger partial charge in [-0.15, -0.1) is 11.3 Å². The minimum Gasteiger partial charge on any atom is -0.324 e. The Morgan fingerprint density at radius 1 is 1.39 bits per heavy atom. The Morgan fingerprint density at radius 3 is 2.78 bits per heavy atom. The maximum absolute atomic E-state index is 12.2. The zero-order chi connectivity index (χ0) is 16.2. The van der Waals surface area contributed by atoms with Crippen molar-refractivity contribution in [2.75, 3.05) is 25.0 Å². The van der Waals surface area contributed by atoms with Crippen LogP contribution in [0.25, 0.3) is 0 Å². The standard InChI is InChI=1S/C17H20ClN3OS/c1-12-11-23-17(19-12)13-6-8-21(9-7-13)10-16(22)20-15-5-3-2-4-14(15)18/h2-5,11,13H,6-10H2,1H3,(H,20,22). The van der Waals surface area contributed by atoms with Gasteiger partial charge >= 0.3 is 0 Å². The molecule has 0 atom stereocenters. The number of carbonyl (C=O) groups is 1. The van der Waals surface area contributed by atoms with Crippen LogP contribution in [-0.4, -0.2) is 35.4 Å². The molecule has 23 heavy (non-hydrogen) atoms. The van der Waals surface area contributed by atoms with E-state index in [1.165, 1.54) is 5.01 Å². The van der Waals surface area contributed by atoms with Crippen LogP contribution in [0, 0.1) is 6.92 Å². The number of halogens is 1. The van der Waals surface area contributed by atoms with Crippen LogP contribution >= 0.6 is 22.9 Å². The summed E-state index contributed by atoms with van der Waals surface area (Å²) in [6.07, 6.45) is 2.12. The van der Waals surface area contributed by atoms with Crippen molar-refractivity contribution in [3.63, 3.8) is 0 Å². The maximum atomic E-state index is 12.2. The number of aryl methyl sites for hydroxylation is 1. The van der Waals surface area contributed by atoms with E-state index in [0.717, 1.165) is 31.6 Å². The molecule has 0 aliphatic carbocycles. The highest BCUT2D eigenvalue weighted by atomic mass is 35.5. The van der Waals surface area contributed by atoms with Crippen molar-refractivity contribution in [3.05, 3.63) is 45.4 Å². The zero-order valence-electron chi connectivity index (χ0n) is 13.1. The smallest absolute Gasteiger partial charge is 0.238 e. The molecule has 1 N–H and O–H groups in total. The second kappa shape index (κ2) is 7.43. The number of thiazole rings is 1. The number of rotatable bonds is 4. The molecule has 0 bridgehead atoms. The zero-order valence-corrected chi connectivity index (χ0v) is 14.7. The van der Waals surface area contributed by atoms with Gasteiger partial charge in [0.2, 0.25) is 5.91 Å². The lowest BCUT2D eigenvalue weighted by atomic mass is 9.97. The first-order valence-corrected chi connectivity index (χ1v) is 9.06. The van der Waals surface area contributed by atoms with Crippen molar-refractivity contribution >= 4 is 34.5 Å². The fourth-order valence-corrected chi connectivity index (χ4v) is 4.00. The number of nitrogens with zero attached hydrogens (tertiary/aromatic N) is 2. The maximum Gasteiger partial charge on any atom is 0.238 e. The molecule has 3 rings (SSSR count). The Balaban J connectivity index is 1.49. The second-order valence-corrected chi connectivity index (χ2v) is 7.20. The van der Waals surface area contributed by atoms with E-state index >= 15 is 0 Å². The molecule has 6 heteroatoms. The van der Waals surface area contributed by atoms with Crippen LogP contribution in [0.5, 0.6) is 0 Å². The van der Waals surface area contributed by atoms with Gasteiger partial charge in [0.05, 0.1) is 22.3 Å². The number of piperidine rings is 1. The van der Waals surface area contributed by atoms with Crippen LogP contribution in [0.3, 0.4) is 0 Å². The number of hydrogen-bond acceptors (Lipinski definition) is 4. The molecule has 1 amide bonds. The number of likely N-dealkylation sites (tertiary alicyclic amines) is 1. The third-order valence-electron chi connectivity index (χ3n) is 4.09. The molecule has 1 aliphatic rings. The number of para-hydroxylation sites is 1. The molecule has 0 radical (unpaired) electrons. The van der Waals surface area contributed by atoms with Gasteiger partial charge in [-0.25, -0.2) is 4.98 Å². The summed E-state index contributed by atoms with van der Waals surface area (Å²) in [5.41, 5.74) is 1.78. The highest BCUT2D eigenvalue weighted by Gasteiger charge is 2.24. The SMILES string of the molecule is Cc1csc(C2CCN(CC(=O)Nc3ccccc3Cl)CC2)n1. The lowest BCUT2D eigenvalue weighted by Crippen LogP contribution is -2.38. The van der Waals surface area contributed by atoms with E-state index in [1.54, 1.807) is 17.4 Å². The fraction of sp³-hybridized carbons (Fsp3) is 0.412. The van der Waals surface area contributed by atoms with E-state index in [4.69, 9.17) is 11.6 Å². The molecular weight excluding hydrogens is 330 g/mol. The Morgan fingerprint density at radius 2 is 2.13 bits per heavy atom. The van der Waals surface area contributed by atoms with Crippen LogP contribution < -0.4 is 5.32 Å². The topological polar surface area (TPSA) is 45.2 Å². The first-order chi connectivity index (χ1) is 11.1. The summed E-state index contributed by atoms with van der Waals surface area (Å²) in [6.45, 7) is 4.31. The van der Waals surface area contributed by atoms with Crippen molar-refractivity contribution in [2.24, 2.45) is 0 Å². The van der Waals surface area contributed by atoms with E-state index in [2.05, 4.69) is 20.6 Å². The van der Waals surface area contributed by atoms with Gasteiger partial charge in [-0.3, -0.25) is 9.69 Å². The minimum absolute atomic E-state index is 0.0124. The average Bonchev–Trinajstić information content (AvgIpc) is 2.97. The third-order valence-corrected chi connectivity index (χ3v) is 5.54. The van der Waals surface area contributed by atoms with Crippen LogP contribution in [0.4, 0.5) is 5.69 Å². The third kappa shape index (κ3) is 4.31. The van der Waals surface area contributed by atoms with E-state index in [1.807, 2.05) is 25.1 Å². The Bertz CT molecular complexity index is 680. The van der Waals surface area contributed by atoms with Gasteiger partial charge in [0.1, 0.15) is 0 Å². The quantitative estimate of drug-likeness (QED) is 0.909. The monoisotopic (exact) mass is 349 g/mol. The van der Waals surface area contributed by atoms with Gasteiger partial charge in [-0.05, 0) is 45.0 Å². The summed E-state index contributed by atoms with van der Waals surface area (Å²) in [5.74, 6) is 0.526. The number of benzene rings is 1. The van der Waals surface area contributed by atoms with Crippen molar-refractivity contribution < 1.29 is 4.79 Å². The summed E-state index contributed by atoms with van der Waals surface area (Å²) in [7, 11) is 0. The predicted molar refractivity (Wildman–Crippen MR) is 95.3 cm³/mol. The van der Waals surface area contributed by atoms with E-state index in [9.17, 15) is 4.79 Å². The van der Waals surface area contributed by atoms with Gasteiger partial charge in [-0.2, -0.15) is 0 Å². The molecule has 122 valence electrons. The fourth-order valence-electron chi connectivity index (χ4n) is 2.85. The largest absolute Gasteiger partial charge is 0.324 e. The van der Waals surface area contributed by atoms with Gasteiger partial charge in [0.25, 0.3) is 0 Å². The van der Waals surface area contributed by atoms with Crippen molar-refractivity contribution in [1.29, 1.82) is 0 Å². The molecule has 2 aromatic rings. The highest BCUT2D eigenvalue weighted by molar-refractivity contribution is 7.09. The number of nitrogens with one attached hydrogen (secondary N) is 1. The van der Waals surface area contributed by atoms with E-state index in [0.29, 0.717) is 23.2 Å². The van der Waals surface area contributed by atoms with Gasteiger partial charge in [0.15, 0.2) is 0 Å². The van der Waals surface area contributed by atoms with Crippen molar-refractivity contribution in [3.8, 4) is 0 Å². The van der Waals surface area contributed by atoms with Crippen LogP contribution in [-0.2, 0) is 4.79 Å². The number of carbonyl (C=O) groups excluding carboxylic acids is 1. The molecular formula is C17H20ClN3OS. The van der Waals surface area contributed by atoms with E-state index in [-0.39, 0.29) is 5.91 Å². The molecule has 1 saturated heterocycles. The molecule has 1 aliphatic heterocycles. The summed E-state index contributed by atoms with van der Waals surface area (Å²) in [4.78, 5) is 19.0. The number of anilines is 1. The number of hydrogen-bond donors (Lipinski definition) is 1. The summed E-state index contributed by atoms with van der Waals surface area (Å²) >= 11 is 7.82. The molecule has 0 saturated carbocycles. The lowest BCUT2D eigenvalue weighted by molar-refractivity contribution is -0.117. The number of amides is 1. The molecule has 4 nitrogen and oxygen atoms in total. The molecule has 2 heterocycles. The van der Waals surface area contributed by atoms with Crippen molar-refractivity contribution in [1.82, 2.24) is 9.88 Å². The first-order valence-electron chi connectivity index (χ1n) is 7.80. The van der Waals surface area contributed by atoms with E-state index < -0.39 is 0 Å². The Hall–Kier alpha value is -1.43. The molecule has 1 aromatic heterocycles. The molecule has 0 spiro atoms. The predicted octanol–water partition coefficient (Wildman–Crippen LogP) is 3.92. The molecule has 1 fully saturated rings. The highest BCUT2D eigenvalue weighted by Crippen LogP contribution is 2.30. The average molecular weight is 350 g/mol. The van der Waals surface area contributed by atoms with Crippen LogP contribution in [0.15, 0.2) is 29.6 Å². The minimum atomic E-state index is -0.0124. The van der Waals surface area contributed by atoms with Gasteiger partial charge < -0.3 is 5.32 Å². The summed E-state index contributed by atoms with van der Waals surface area (Å²) in [5, 5.41) is 6.80. The first kappa shape index (κ1) is 16.4. The number of aromatic nitrogens is 1. The van der Waals surface area contributed by atoms with Crippen molar-refractivity contribution in [2.45, 2.75) is 25.7 Å². The molecule has 1 aromatic carbocycles. The summed E-state index contributed by atoms with van der Waals surface area (Å²) in [6, 6.07) is 7.31. The van der Waals surface area contributed by atoms with Gasteiger partial charge in [-0.1, -0.05) is 23.7 Å². The Labute approximate surface area is 145 Å². The van der Waals surface area contributed by atoms with Gasteiger partial charge in [0, 0.05) is 17.0 Å². The summed E-state index contributed by atoms with van der Waals surface area (Å²) < 4.78 is 0. The second-order valence-electron chi connectivity index (χ2n) is 5.91. The normalized spacial score (nSPS) is 16.4. The molecule has 0 unspecified atom stereocenters.